The van der Waals surface area contributed by atoms with E-state index in [4.69, 9.17) is 15.5 Å². The second kappa shape index (κ2) is 6.18. The summed E-state index contributed by atoms with van der Waals surface area (Å²) in [5.41, 5.74) is 13.2. The van der Waals surface area contributed by atoms with E-state index in [0.29, 0.717) is 23.4 Å². The summed E-state index contributed by atoms with van der Waals surface area (Å²) in [6.45, 7) is 0. The molecule has 1 heterocycles. The average molecular weight is 398 g/mol. The van der Waals surface area contributed by atoms with Gasteiger partial charge in [-0.1, -0.05) is 24.3 Å². The van der Waals surface area contributed by atoms with Crippen LogP contribution >= 0.6 is 0 Å². The summed E-state index contributed by atoms with van der Waals surface area (Å²) >= 11 is 0. The van der Waals surface area contributed by atoms with E-state index < -0.39 is 5.54 Å². The number of fused-ring (bicyclic) bond motifs is 5. The van der Waals surface area contributed by atoms with E-state index in [-0.39, 0.29) is 5.41 Å². The van der Waals surface area contributed by atoms with Crippen LogP contribution in [0.15, 0.2) is 41.4 Å². The highest BCUT2D eigenvalue weighted by molar-refractivity contribution is 6.03. The number of nitrogens with zero attached hydrogens (tertiary/aromatic N) is 2. The molecule has 2 fully saturated rings. The lowest BCUT2D eigenvalue weighted by Gasteiger charge is -2.47. The summed E-state index contributed by atoms with van der Waals surface area (Å²) < 4.78 is 5.71. The molecule has 6 rings (SSSR count). The molecule has 2 N–H and O–H groups in total. The van der Waals surface area contributed by atoms with E-state index in [1.165, 1.54) is 35.1 Å². The number of nitriles is 1. The summed E-state index contributed by atoms with van der Waals surface area (Å²) in [7, 11) is 1.83. The monoisotopic (exact) mass is 397 g/mol. The molecule has 4 heteroatoms. The molecule has 2 saturated carbocycles. The number of ether oxygens (including phenoxy) is 1. The van der Waals surface area contributed by atoms with Gasteiger partial charge in [-0.3, -0.25) is 4.99 Å². The highest BCUT2D eigenvalue weighted by Gasteiger charge is 2.62. The lowest BCUT2D eigenvalue weighted by molar-refractivity contribution is 0.00684. The summed E-state index contributed by atoms with van der Waals surface area (Å²) in [5.74, 6) is 1.29. The molecule has 2 spiro atoms. The molecule has 0 bridgehead atoms. The molecule has 4 nitrogen and oxygen atoms in total. The van der Waals surface area contributed by atoms with Crippen LogP contribution in [0, 0.1) is 16.7 Å². The van der Waals surface area contributed by atoms with Crippen LogP contribution in [0.4, 0.5) is 0 Å². The first-order chi connectivity index (χ1) is 14.6. The molecule has 1 aliphatic heterocycles. The fraction of sp³-hybridized carbons (Fsp3) is 0.462. The van der Waals surface area contributed by atoms with Crippen molar-refractivity contribution >= 4 is 5.84 Å². The largest absolute Gasteiger partial charge is 0.383 e. The van der Waals surface area contributed by atoms with Crippen molar-refractivity contribution < 1.29 is 4.74 Å². The Kier molecular flexibility index (Phi) is 3.74. The van der Waals surface area contributed by atoms with Crippen LogP contribution < -0.4 is 5.73 Å². The van der Waals surface area contributed by atoms with Crippen LogP contribution in [0.25, 0.3) is 0 Å². The van der Waals surface area contributed by atoms with Gasteiger partial charge in [-0.2, -0.15) is 5.26 Å². The van der Waals surface area contributed by atoms with Gasteiger partial charge in [-0.25, -0.2) is 0 Å². The van der Waals surface area contributed by atoms with Gasteiger partial charge in [0, 0.05) is 18.1 Å². The molecular weight excluding hydrogens is 370 g/mol. The van der Waals surface area contributed by atoms with E-state index in [9.17, 15) is 5.26 Å². The fourth-order valence-electron chi connectivity index (χ4n) is 6.50. The molecule has 2 aromatic rings. The molecule has 30 heavy (non-hydrogen) atoms. The highest BCUT2D eigenvalue weighted by atomic mass is 16.5. The smallest absolute Gasteiger partial charge is 0.127 e. The van der Waals surface area contributed by atoms with Gasteiger partial charge in [-0.15, -0.1) is 0 Å². The molecule has 4 aliphatic rings. The Morgan fingerprint density at radius 3 is 2.57 bits per heavy atom. The Balaban J connectivity index is 1.58. The molecule has 1 unspecified atom stereocenters. The standard InChI is InChI=1S/C26H27N3O/c1-30-20-8-10-25(11-9-20)14-19-6-5-18(17-3-4-17)13-23(19)26(25)22-7-2-16(15-27)12-21(22)24(28)29-26/h2,5-7,12-13,17,20H,3-4,8-11,14H2,1H3,(H2,28,29). The van der Waals surface area contributed by atoms with Crippen molar-refractivity contribution in [2.45, 2.75) is 62.5 Å². The van der Waals surface area contributed by atoms with Crippen LogP contribution in [0.2, 0.25) is 0 Å². The zero-order valence-electron chi connectivity index (χ0n) is 17.4. The zero-order chi connectivity index (χ0) is 20.5. The zero-order valence-corrected chi connectivity index (χ0v) is 17.4. The lowest BCUT2D eigenvalue weighted by Crippen LogP contribution is -2.45. The maximum absolute atomic E-state index is 9.43. The van der Waals surface area contributed by atoms with Crippen molar-refractivity contribution in [3.63, 3.8) is 0 Å². The third-order valence-electron chi connectivity index (χ3n) is 8.19. The lowest BCUT2D eigenvalue weighted by atomic mass is 9.59. The first kappa shape index (κ1) is 18.2. The third kappa shape index (κ3) is 2.27. The number of nitrogens with two attached hydrogens (primary N) is 1. The summed E-state index contributed by atoms with van der Waals surface area (Å²) in [4.78, 5) is 5.30. The minimum Gasteiger partial charge on any atom is -0.383 e. The van der Waals surface area contributed by atoms with Gasteiger partial charge in [0.1, 0.15) is 11.4 Å². The van der Waals surface area contributed by atoms with Gasteiger partial charge in [0.2, 0.25) is 0 Å². The third-order valence-corrected chi connectivity index (χ3v) is 8.19. The average Bonchev–Trinajstić information content (AvgIpc) is 3.54. The van der Waals surface area contributed by atoms with E-state index in [2.05, 4.69) is 30.3 Å². The van der Waals surface area contributed by atoms with Crippen LogP contribution in [0.1, 0.15) is 77.8 Å². The van der Waals surface area contributed by atoms with Crippen LogP contribution in [-0.4, -0.2) is 19.0 Å². The summed E-state index contributed by atoms with van der Waals surface area (Å²) in [6.07, 6.45) is 8.23. The van der Waals surface area contributed by atoms with Crippen LogP contribution in [0.5, 0.6) is 0 Å². The Morgan fingerprint density at radius 1 is 1.07 bits per heavy atom. The maximum atomic E-state index is 9.43. The van der Waals surface area contributed by atoms with Gasteiger partial charge in [0.25, 0.3) is 0 Å². The molecule has 152 valence electrons. The van der Waals surface area contributed by atoms with Gasteiger partial charge in [0.15, 0.2) is 0 Å². The van der Waals surface area contributed by atoms with Crippen molar-refractivity contribution in [1.82, 2.24) is 0 Å². The molecule has 0 amide bonds. The summed E-state index contributed by atoms with van der Waals surface area (Å²) in [6, 6.07) is 15.4. The predicted molar refractivity (Wildman–Crippen MR) is 116 cm³/mol. The molecule has 0 saturated heterocycles. The minimum absolute atomic E-state index is 0.0244. The van der Waals surface area contributed by atoms with Gasteiger partial charge < -0.3 is 10.5 Å². The van der Waals surface area contributed by atoms with E-state index in [1.807, 2.05) is 19.2 Å². The topological polar surface area (TPSA) is 71.4 Å². The molecule has 0 radical (unpaired) electrons. The maximum Gasteiger partial charge on any atom is 0.127 e. The molecular formula is C26H27N3O. The Bertz CT molecular complexity index is 1120. The number of rotatable bonds is 2. The van der Waals surface area contributed by atoms with Crippen molar-refractivity contribution in [3.05, 3.63) is 69.8 Å². The Hall–Kier alpha value is -2.64. The number of benzene rings is 2. The van der Waals surface area contributed by atoms with Crippen molar-refractivity contribution in [2.75, 3.05) is 7.11 Å². The van der Waals surface area contributed by atoms with Crippen LogP contribution in [-0.2, 0) is 16.7 Å². The number of hydrogen-bond acceptors (Lipinski definition) is 4. The Labute approximate surface area is 177 Å². The van der Waals surface area contributed by atoms with Gasteiger partial charge >= 0.3 is 0 Å². The Morgan fingerprint density at radius 2 is 1.87 bits per heavy atom. The molecule has 2 aromatic carbocycles. The number of amidine groups is 1. The normalized spacial score (nSPS) is 31.5. The predicted octanol–water partition coefficient (Wildman–Crippen LogP) is 4.53. The van der Waals surface area contributed by atoms with Crippen molar-refractivity contribution in [2.24, 2.45) is 16.1 Å². The number of methoxy groups -OCH3 is 1. The van der Waals surface area contributed by atoms with Crippen molar-refractivity contribution in [3.8, 4) is 6.07 Å². The fourth-order valence-corrected chi connectivity index (χ4v) is 6.50. The second-order valence-corrected chi connectivity index (χ2v) is 9.66. The molecule has 0 aromatic heterocycles. The molecule has 3 aliphatic carbocycles. The van der Waals surface area contributed by atoms with Gasteiger partial charge in [0.05, 0.1) is 17.7 Å². The SMILES string of the molecule is COC1CCC2(CC1)Cc1ccc(C3CC3)cc1C21N=C(N)c2cc(C#N)ccc21. The number of aliphatic imine (C=N–C) groups is 1. The van der Waals surface area contributed by atoms with Gasteiger partial charge in [-0.05, 0) is 85.3 Å². The quantitative estimate of drug-likeness (QED) is 0.809. The minimum atomic E-state index is -0.431. The first-order valence-electron chi connectivity index (χ1n) is 11.2. The van der Waals surface area contributed by atoms with E-state index >= 15 is 0 Å². The molecule has 1 atom stereocenters. The van der Waals surface area contributed by atoms with E-state index in [0.717, 1.165) is 37.7 Å². The van der Waals surface area contributed by atoms with E-state index in [1.54, 1.807) is 0 Å². The summed E-state index contributed by atoms with van der Waals surface area (Å²) in [5, 5.41) is 9.43. The number of hydrogen-bond donors (Lipinski definition) is 1. The van der Waals surface area contributed by atoms with Crippen LogP contribution in [0.3, 0.4) is 0 Å². The van der Waals surface area contributed by atoms with Crippen molar-refractivity contribution in [1.29, 1.82) is 5.26 Å². The first-order valence-corrected chi connectivity index (χ1v) is 11.2. The highest BCUT2D eigenvalue weighted by Crippen LogP contribution is 2.65. The second-order valence-electron chi connectivity index (χ2n) is 9.66.